The van der Waals surface area contributed by atoms with E-state index < -0.39 is 10.2 Å². The zero-order valence-electron chi connectivity index (χ0n) is 8.43. The van der Waals surface area contributed by atoms with Gasteiger partial charge in [0, 0.05) is 6.42 Å². The van der Waals surface area contributed by atoms with Gasteiger partial charge < -0.3 is 5.32 Å². The Morgan fingerprint density at radius 1 is 1.44 bits per heavy atom. The number of carbonyl (C=O) groups excluding carboxylic acids is 1. The van der Waals surface area contributed by atoms with E-state index in [0.717, 1.165) is 11.3 Å². The molecule has 0 aliphatic heterocycles. The number of hydrogen-bond acceptors (Lipinski definition) is 6. The number of aromatic nitrogens is 2. The third-order valence-electron chi connectivity index (χ3n) is 1.38. The summed E-state index contributed by atoms with van der Waals surface area (Å²) in [6.07, 6.45) is 1.09. The molecule has 0 fully saturated rings. The molecule has 1 rings (SSSR count). The minimum absolute atomic E-state index is 0.00861. The molecule has 10 heteroatoms. The van der Waals surface area contributed by atoms with Crippen molar-refractivity contribution in [2.45, 2.75) is 19.8 Å². The normalized spacial score (nSPS) is 11.1. The second-order valence-electron chi connectivity index (χ2n) is 2.86. The summed E-state index contributed by atoms with van der Waals surface area (Å²) < 4.78 is 23.3. The molecular weight excluding hydrogens is 254 g/mol. The molecule has 0 radical (unpaired) electrons. The Hall–Kier alpha value is -1.26. The van der Waals surface area contributed by atoms with Crippen molar-refractivity contribution < 1.29 is 13.2 Å². The zero-order chi connectivity index (χ0) is 12.2. The van der Waals surface area contributed by atoms with Crippen LogP contribution in [0.15, 0.2) is 0 Å². The number of rotatable bonds is 5. The monoisotopic (exact) mass is 265 g/mol. The van der Waals surface area contributed by atoms with Gasteiger partial charge in [-0.05, 0) is 6.42 Å². The van der Waals surface area contributed by atoms with Gasteiger partial charge in [0.05, 0.1) is 0 Å². The lowest BCUT2D eigenvalue weighted by atomic mass is 10.3. The molecule has 0 unspecified atom stereocenters. The fourth-order valence-corrected chi connectivity index (χ4v) is 2.16. The summed E-state index contributed by atoms with van der Waals surface area (Å²) in [6, 6.07) is 0. The quantitative estimate of drug-likeness (QED) is 0.684. The Balaban J connectivity index is 2.62. The first-order valence-electron chi connectivity index (χ1n) is 4.34. The molecule has 90 valence electrons. The molecule has 1 heterocycles. The van der Waals surface area contributed by atoms with Gasteiger partial charge in [0.1, 0.15) is 0 Å². The third-order valence-corrected chi connectivity index (χ3v) is 2.74. The average molecular weight is 265 g/mol. The van der Waals surface area contributed by atoms with Crippen LogP contribution in [0.2, 0.25) is 0 Å². The van der Waals surface area contributed by atoms with Gasteiger partial charge in [-0.25, -0.2) is 9.86 Å². The number of hydrogen-bond donors (Lipinski definition) is 3. The van der Waals surface area contributed by atoms with Crippen LogP contribution < -0.4 is 15.2 Å². The summed E-state index contributed by atoms with van der Waals surface area (Å²) in [5, 5.41) is 14.5. The van der Waals surface area contributed by atoms with Gasteiger partial charge in [-0.3, -0.25) is 4.79 Å². The van der Waals surface area contributed by atoms with Crippen LogP contribution >= 0.6 is 11.3 Å². The van der Waals surface area contributed by atoms with Crippen LogP contribution in [0.1, 0.15) is 19.8 Å². The molecule has 0 aliphatic carbocycles. The highest BCUT2D eigenvalue weighted by Gasteiger charge is 2.10. The van der Waals surface area contributed by atoms with Crippen LogP contribution in [0.25, 0.3) is 0 Å². The molecule has 0 atom stereocenters. The first kappa shape index (κ1) is 12.8. The Labute approximate surface area is 96.4 Å². The Kier molecular flexibility index (Phi) is 4.15. The van der Waals surface area contributed by atoms with Crippen molar-refractivity contribution in [1.29, 1.82) is 0 Å². The number of amides is 1. The largest absolute Gasteiger partial charge is 0.300 e. The van der Waals surface area contributed by atoms with Gasteiger partial charge >= 0.3 is 0 Å². The molecule has 0 bridgehead atoms. The van der Waals surface area contributed by atoms with Gasteiger partial charge in [0.25, 0.3) is 10.2 Å². The maximum absolute atomic E-state index is 11.2. The van der Waals surface area contributed by atoms with Crippen molar-refractivity contribution >= 4 is 37.7 Å². The molecule has 0 spiro atoms. The predicted octanol–water partition coefficient (Wildman–Crippen LogP) is -0.108. The predicted molar refractivity (Wildman–Crippen MR) is 60.2 cm³/mol. The van der Waals surface area contributed by atoms with E-state index >= 15 is 0 Å². The van der Waals surface area contributed by atoms with Gasteiger partial charge in [-0.1, -0.05) is 18.3 Å². The van der Waals surface area contributed by atoms with Gasteiger partial charge in [-0.2, -0.15) is 8.42 Å². The Bertz CT molecular complexity index is 468. The van der Waals surface area contributed by atoms with E-state index in [9.17, 15) is 13.2 Å². The van der Waals surface area contributed by atoms with Gasteiger partial charge in [-0.15, -0.1) is 10.2 Å². The van der Waals surface area contributed by atoms with Crippen molar-refractivity contribution in [2.24, 2.45) is 5.14 Å². The van der Waals surface area contributed by atoms with Crippen molar-refractivity contribution in [3.63, 3.8) is 0 Å². The molecule has 1 aromatic rings. The molecule has 16 heavy (non-hydrogen) atoms. The van der Waals surface area contributed by atoms with E-state index in [4.69, 9.17) is 5.14 Å². The molecule has 8 nitrogen and oxygen atoms in total. The first-order valence-corrected chi connectivity index (χ1v) is 6.71. The number of anilines is 2. The SMILES string of the molecule is CCCC(=O)Nc1nnc(NS(N)(=O)=O)s1. The fourth-order valence-electron chi connectivity index (χ4n) is 0.846. The molecule has 1 aromatic heterocycles. The van der Waals surface area contributed by atoms with E-state index in [1.807, 2.05) is 11.6 Å². The minimum Gasteiger partial charge on any atom is -0.300 e. The second-order valence-corrected chi connectivity index (χ2v) is 5.13. The summed E-state index contributed by atoms with van der Waals surface area (Å²) in [5.74, 6) is -0.194. The number of nitrogens with two attached hydrogens (primary N) is 1. The summed E-state index contributed by atoms with van der Waals surface area (Å²) in [4.78, 5) is 11.2. The number of carbonyl (C=O) groups is 1. The molecule has 0 saturated carbocycles. The lowest BCUT2D eigenvalue weighted by molar-refractivity contribution is -0.116. The molecule has 0 saturated heterocycles. The van der Waals surface area contributed by atoms with Crippen LogP contribution in [0, 0.1) is 0 Å². The highest BCUT2D eigenvalue weighted by molar-refractivity contribution is 7.90. The van der Waals surface area contributed by atoms with E-state index in [1.54, 1.807) is 0 Å². The van der Waals surface area contributed by atoms with Gasteiger partial charge in [0.2, 0.25) is 16.2 Å². The summed E-state index contributed by atoms with van der Waals surface area (Å²) in [7, 11) is -3.86. The molecule has 0 aliphatic rings. The smallest absolute Gasteiger partial charge is 0.298 e. The zero-order valence-corrected chi connectivity index (χ0v) is 10.1. The van der Waals surface area contributed by atoms with Crippen molar-refractivity contribution in [1.82, 2.24) is 10.2 Å². The van der Waals surface area contributed by atoms with E-state index in [1.165, 1.54) is 0 Å². The Morgan fingerprint density at radius 2 is 2.06 bits per heavy atom. The van der Waals surface area contributed by atoms with Crippen molar-refractivity contribution in [3.05, 3.63) is 0 Å². The van der Waals surface area contributed by atoms with Crippen LogP contribution in [0.5, 0.6) is 0 Å². The molecule has 1 amide bonds. The maximum atomic E-state index is 11.2. The van der Waals surface area contributed by atoms with Crippen molar-refractivity contribution in [3.8, 4) is 0 Å². The highest BCUT2D eigenvalue weighted by atomic mass is 32.2. The fraction of sp³-hybridized carbons (Fsp3) is 0.500. The highest BCUT2D eigenvalue weighted by Crippen LogP contribution is 2.20. The number of nitrogens with one attached hydrogen (secondary N) is 2. The second kappa shape index (κ2) is 5.18. The summed E-state index contributed by atoms with van der Waals surface area (Å²) in [5.41, 5.74) is 0. The Morgan fingerprint density at radius 3 is 2.62 bits per heavy atom. The summed E-state index contributed by atoms with van der Waals surface area (Å²) in [6.45, 7) is 1.87. The molecule has 0 aromatic carbocycles. The standard InChI is InChI=1S/C6H11N5O3S2/c1-2-3-4(12)8-5-9-10-6(15-5)11-16(7,13)14/h2-3H2,1H3,(H,10,11)(H2,7,13,14)(H,8,9,12). The lowest BCUT2D eigenvalue weighted by Crippen LogP contribution is -2.21. The average Bonchev–Trinajstić information content (AvgIpc) is 2.49. The van der Waals surface area contributed by atoms with E-state index in [0.29, 0.717) is 12.8 Å². The van der Waals surface area contributed by atoms with Crippen molar-refractivity contribution in [2.75, 3.05) is 10.0 Å². The van der Waals surface area contributed by atoms with E-state index in [2.05, 4.69) is 15.5 Å². The van der Waals surface area contributed by atoms with Crippen LogP contribution in [0.4, 0.5) is 10.3 Å². The number of nitrogens with zero attached hydrogens (tertiary/aromatic N) is 2. The van der Waals surface area contributed by atoms with E-state index in [-0.39, 0.29) is 16.2 Å². The lowest BCUT2D eigenvalue weighted by Gasteiger charge is -1.97. The maximum Gasteiger partial charge on any atom is 0.298 e. The van der Waals surface area contributed by atoms with Gasteiger partial charge in [0.15, 0.2) is 0 Å². The van der Waals surface area contributed by atoms with Crippen LogP contribution in [-0.4, -0.2) is 24.5 Å². The first-order chi connectivity index (χ1) is 7.40. The minimum atomic E-state index is -3.86. The topological polar surface area (TPSA) is 127 Å². The molecule has 4 N–H and O–H groups in total. The summed E-state index contributed by atoms with van der Waals surface area (Å²) >= 11 is 0.889. The third kappa shape index (κ3) is 4.51. The van der Waals surface area contributed by atoms with Crippen LogP contribution in [0.3, 0.4) is 0 Å². The molecular formula is C6H11N5O3S2. The van der Waals surface area contributed by atoms with Crippen LogP contribution in [-0.2, 0) is 15.0 Å².